The molecular formula is C29H33N3OS. The molecule has 1 saturated heterocycles. The Kier molecular flexibility index (Phi) is 7.52. The van der Waals surface area contributed by atoms with Gasteiger partial charge in [0.1, 0.15) is 11.6 Å². The van der Waals surface area contributed by atoms with Crippen molar-refractivity contribution in [3.05, 3.63) is 78.4 Å². The van der Waals surface area contributed by atoms with Gasteiger partial charge in [-0.25, -0.2) is 4.98 Å². The Labute approximate surface area is 207 Å². The van der Waals surface area contributed by atoms with Crippen LogP contribution < -0.4 is 4.74 Å². The number of thioether (sulfide) groups is 1. The Morgan fingerprint density at radius 3 is 2.53 bits per heavy atom. The van der Waals surface area contributed by atoms with Gasteiger partial charge in [0, 0.05) is 35.5 Å². The standard InChI is InChI=1S/C29H33N3OS/c1-23-11-13-25(14-12-23)32-28-21-26(33-19-8-3-2-7-17-31-18-20-34-22-31)15-16-27(28)30-29(32)24-9-5-4-6-10-24/h4-6,9-16,21H,2-3,7-8,17-20,22H2,1H3. The topological polar surface area (TPSA) is 30.3 Å². The number of aromatic nitrogens is 2. The molecule has 34 heavy (non-hydrogen) atoms. The van der Waals surface area contributed by atoms with Gasteiger partial charge in [0.25, 0.3) is 0 Å². The molecule has 176 valence electrons. The second-order valence-electron chi connectivity index (χ2n) is 9.04. The first-order valence-electron chi connectivity index (χ1n) is 12.4. The number of rotatable bonds is 10. The Morgan fingerprint density at radius 1 is 0.912 bits per heavy atom. The van der Waals surface area contributed by atoms with Gasteiger partial charge in [0.05, 0.1) is 17.6 Å². The van der Waals surface area contributed by atoms with Crippen molar-refractivity contribution in [3.8, 4) is 22.8 Å². The predicted octanol–water partition coefficient (Wildman–Crippen LogP) is 6.95. The zero-order chi connectivity index (χ0) is 23.2. The highest BCUT2D eigenvalue weighted by molar-refractivity contribution is 7.99. The van der Waals surface area contributed by atoms with Crippen LogP contribution >= 0.6 is 11.8 Å². The first-order chi connectivity index (χ1) is 16.8. The lowest BCUT2D eigenvalue weighted by Gasteiger charge is -2.13. The monoisotopic (exact) mass is 471 g/mol. The first kappa shape index (κ1) is 23.0. The van der Waals surface area contributed by atoms with Crippen LogP contribution in [0.3, 0.4) is 0 Å². The van der Waals surface area contributed by atoms with Gasteiger partial charge in [-0.15, -0.1) is 11.8 Å². The molecule has 5 heteroatoms. The van der Waals surface area contributed by atoms with Crippen LogP contribution in [0.4, 0.5) is 0 Å². The third-order valence-electron chi connectivity index (χ3n) is 6.41. The average molecular weight is 472 g/mol. The maximum Gasteiger partial charge on any atom is 0.145 e. The summed E-state index contributed by atoms with van der Waals surface area (Å²) in [4.78, 5) is 7.55. The Hall–Kier alpha value is -2.76. The molecule has 4 aromatic rings. The van der Waals surface area contributed by atoms with Gasteiger partial charge in [-0.1, -0.05) is 60.9 Å². The van der Waals surface area contributed by atoms with Gasteiger partial charge < -0.3 is 4.74 Å². The van der Waals surface area contributed by atoms with Gasteiger partial charge >= 0.3 is 0 Å². The highest BCUT2D eigenvalue weighted by atomic mass is 32.2. The summed E-state index contributed by atoms with van der Waals surface area (Å²) in [6.45, 7) is 5.39. The molecule has 1 aromatic heterocycles. The third-order valence-corrected chi connectivity index (χ3v) is 7.43. The summed E-state index contributed by atoms with van der Waals surface area (Å²) in [5.41, 5.74) is 5.52. The van der Waals surface area contributed by atoms with Crippen molar-refractivity contribution in [2.75, 3.05) is 31.3 Å². The van der Waals surface area contributed by atoms with Gasteiger partial charge in [0.15, 0.2) is 0 Å². The van der Waals surface area contributed by atoms with Crippen molar-refractivity contribution in [2.24, 2.45) is 0 Å². The van der Waals surface area contributed by atoms with Crippen LogP contribution in [-0.4, -0.2) is 45.8 Å². The van der Waals surface area contributed by atoms with Crippen LogP contribution in [0.2, 0.25) is 0 Å². The van der Waals surface area contributed by atoms with Crippen molar-refractivity contribution in [3.63, 3.8) is 0 Å². The SMILES string of the molecule is Cc1ccc(-n2c(-c3ccccc3)nc3ccc(OCCCCCCN4CCSC4)cc32)cc1. The molecule has 2 heterocycles. The van der Waals surface area contributed by atoms with E-state index in [1.165, 1.54) is 49.5 Å². The minimum atomic E-state index is 0.759. The molecule has 0 aliphatic carbocycles. The summed E-state index contributed by atoms with van der Waals surface area (Å²) in [7, 11) is 0. The zero-order valence-electron chi connectivity index (χ0n) is 20.0. The van der Waals surface area contributed by atoms with Crippen molar-refractivity contribution in [1.82, 2.24) is 14.5 Å². The quantitative estimate of drug-likeness (QED) is 0.234. The molecule has 0 atom stereocenters. The van der Waals surface area contributed by atoms with E-state index in [0.29, 0.717) is 0 Å². The fraction of sp³-hybridized carbons (Fsp3) is 0.345. The molecular weight excluding hydrogens is 438 g/mol. The van der Waals surface area contributed by atoms with Crippen LogP contribution in [0.1, 0.15) is 31.2 Å². The summed E-state index contributed by atoms with van der Waals surface area (Å²) in [6, 6.07) is 25.3. The van der Waals surface area contributed by atoms with E-state index in [9.17, 15) is 0 Å². The van der Waals surface area contributed by atoms with Crippen molar-refractivity contribution < 1.29 is 4.74 Å². The van der Waals surface area contributed by atoms with E-state index in [2.05, 4.69) is 94.9 Å². The molecule has 0 saturated carbocycles. The number of unbranched alkanes of at least 4 members (excludes halogenated alkanes) is 3. The number of nitrogens with zero attached hydrogens (tertiary/aromatic N) is 3. The van der Waals surface area contributed by atoms with Gasteiger partial charge in [0.2, 0.25) is 0 Å². The number of benzene rings is 3. The Morgan fingerprint density at radius 2 is 1.74 bits per heavy atom. The van der Waals surface area contributed by atoms with Crippen LogP contribution in [0.15, 0.2) is 72.8 Å². The number of hydrogen-bond acceptors (Lipinski definition) is 4. The Balaban J connectivity index is 1.29. The van der Waals surface area contributed by atoms with Gasteiger partial charge in [-0.2, -0.15) is 0 Å². The molecule has 3 aromatic carbocycles. The fourth-order valence-corrected chi connectivity index (χ4v) is 5.52. The van der Waals surface area contributed by atoms with Gasteiger partial charge in [-0.05, 0) is 50.6 Å². The molecule has 0 N–H and O–H groups in total. The van der Waals surface area contributed by atoms with Crippen molar-refractivity contribution in [1.29, 1.82) is 0 Å². The highest BCUT2D eigenvalue weighted by Crippen LogP contribution is 2.31. The lowest BCUT2D eigenvalue weighted by molar-refractivity contribution is 0.299. The van der Waals surface area contributed by atoms with E-state index in [0.717, 1.165) is 46.9 Å². The minimum absolute atomic E-state index is 0.759. The van der Waals surface area contributed by atoms with E-state index in [1.54, 1.807) is 0 Å². The summed E-state index contributed by atoms with van der Waals surface area (Å²) in [6.07, 6.45) is 4.90. The van der Waals surface area contributed by atoms with Gasteiger partial charge in [-0.3, -0.25) is 9.47 Å². The highest BCUT2D eigenvalue weighted by Gasteiger charge is 2.15. The molecule has 0 amide bonds. The van der Waals surface area contributed by atoms with Crippen LogP contribution in [0.25, 0.3) is 28.1 Å². The number of fused-ring (bicyclic) bond motifs is 1. The lowest BCUT2D eigenvalue weighted by atomic mass is 10.2. The molecule has 0 bridgehead atoms. The fourth-order valence-electron chi connectivity index (χ4n) is 4.49. The van der Waals surface area contributed by atoms with E-state index in [4.69, 9.17) is 9.72 Å². The number of ether oxygens (including phenoxy) is 1. The van der Waals surface area contributed by atoms with E-state index >= 15 is 0 Å². The van der Waals surface area contributed by atoms with Crippen molar-refractivity contribution in [2.45, 2.75) is 32.6 Å². The maximum absolute atomic E-state index is 6.16. The maximum atomic E-state index is 6.16. The van der Waals surface area contributed by atoms with Crippen LogP contribution in [-0.2, 0) is 0 Å². The summed E-state index contributed by atoms with van der Waals surface area (Å²) in [5.74, 6) is 4.38. The van der Waals surface area contributed by atoms with Crippen LogP contribution in [0, 0.1) is 6.92 Å². The largest absolute Gasteiger partial charge is 0.494 e. The van der Waals surface area contributed by atoms with Crippen molar-refractivity contribution >= 4 is 22.8 Å². The third kappa shape index (κ3) is 5.48. The lowest BCUT2D eigenvalue weighted by Crippen LogP contribution is -2.20. The summed E-state index contributed by atoms with van der Waals surface area (Å²) in [5, 5.41) is 0. The predicted molar refractivity (Wildman–Crippen MR) is 144 cm³/mol. The molecule has 0 spiro atoms. The smallest absolute Gasteiger partial charge is 0.145 e. The molecule has 1 aliphatic heterocycles. The zero-order valence-corrected chi connectivity index (χ0v) is 20.8. The Bertz CT molecular complexity index is 1200. The normalized spacial score (nSPS) is 14.1. The molecule has 1 fully saturated rings. The molecule has 1 aliphatic rings. The van der Waals surface area contributed by atoms with E-state index in [-0.39, 0.29) is 0 Å². The first-order valence-corrected chi connectivity index (χ1v) is 13.5. The average Bonchev–Trinajstić information content (AvgIpc) is 3.52. The minimum Gasteiger partial charge on any atom is -0.494 e. The van der Waals surface area contributed by atoms with E-state index < -0.39 is 0 Å². The second kappa shape index (κ2) is 11.1. The van der Waals surface area contributed by atoms with E-state index in [1.807, 2.05) is 6.07 Å². The molecule has 5 rings (SSSR count). The molecule has 4 nitrogen and oxygen atoms in total. The molecule has 0 radical (unpaired) electrons. The molecule has 0 unspecified atom stereocenters. The summed E-state index contributed by atoms with van der Waals surface area (Å²) >= 11 is 2.05. The number of hydrogen-bond donors (Lipinski definition) is 0. The second-order valence-corrected chi connectivity index (χ2v) is 10.1. The number of aryl methyl sites for hydroxylation is 1. The summed E-state index contributed by atoms with van der Waals surface area (Å²) < 4.78 is 8.41. The van der Waals surface area contributed by atoms with Crippen LogP contribution in [0.5, 0.6) is 5.75 Å². The number of imidazole rings is 1.